The zero-order valence-electron chi connectivity index (χ0n) is 12.2. The molecule has 21 heavy (non-hydrogen) atoms. The average Bonchev–Trinajstić information content (AvgIpc) is 2.70. The van der Waals surface area contributed by atoms with Crippen molar-refractivity contribution in [2.75, 3.05) is 5.32 Å². The third-order valence-corrected chi connectivity index (χ3v) is 4.31. The zero-order chi connectivity index (χ0) is 15.2. The first-order valence-electron chi connectivity index (χ1n) is 7.45. The van der Waals surface area contributed by atoms with Gasteiger partial charge in [-0.2, -0.15) is 0 Å². The summed E-state index contributed by atoms with van der Waals surface area (Å²) < 4.78 is 0. The molecule has 6 heteroatoms. The number of anilines is 1. The van der Waals surface area contributed by atoms with Gasteiger partial charge in [-0.15, -0.1) is 0 Å². The molecule has 1 amide bonds. The number of carbonyl (C=O) groups is 1. The molecule has 0 saturated heterocycles. The number of amides is 1. The third kappa shape index (κ3) is 5.13. The Morgan fingerprint density at radius 2 is 1.90 bits per heavy atom. The quantitative estimate of drug-likeness (QED) is 0.647. The van der Waals surface area contributed by atoms with Crippen molar-refractivity contribution in [3.63, 3.8) is 0 Å². The second-order valence-electron chi connectivity index (χ2n) is 5.54. The van der Waals surface area contributed by atoms with E-state index < -0.39 is 0 Å². The van der Waals surface area contributed by atoms with Gasteiger partial charge in [0.05, 0.1) is 11.7 Å². The molecule has 1 heterocycles. The molecular weight excluding hydrogens is 309 g/mol. The van der Waals surface area contributed by atoms with E-state index >= 15 is 0 Å². The van der Waals surface area contributed by atoms with Gasteiger partial charge < -0.3 is 10.6 Å². The fourth-order valence-electron chi connectivity index (χ4n) is 2.62. The van der Waals surface area contributed by atoms with E-state index in [0.29, 0.717) is 16.9 Å². The van der Waals surface area contributed by atoms with Crippen LogP contribution in [0.1, 0.15) is 45.4 Å². The van der Waals surface area contributed by atoms with Crippen molar-refractivity contribution in [2.24, 2.45) is 0 Å². The highest BCUT2D eigenvalue weighted by Gasteiger charge is 2.19. The topological polar surface area (TPSA) is 54.0 Å². The number of nitrogens with zero attached hydrogens (tertiary/aromatic N) is 1. The van der Waals surface area contributed by atoms with Crippen LogP contribution in [-0.4, -0.2) is 23.0 Å². The fourth-order valence-corrected chi connectivity index (χ4v) is 3.01. The van der Waals surface area contributed by atoms with Gasteiger partial charge in [0.2, 0.25) is 5.91 Å². The van der Waals surface area contributed by atoms with Gasteiger partial charge in [-0.25, -0.2) is 4.98 Å². The monoisotopic (exact) mass is 329 g/mol. The summed E-state index contributed by atoms with van der Waals surface area (Å²) in [5.74, 6) is -0.106. The largest absolute Gasteiger partial charge is 0.322 e. The number of rotatable bonds is 4. The molecule has 0 unspecified atom stereocenters. The molecule has 1 aromatic heterocycles. The van der Waals surface area contributed by atoms with Crippen molar-refractivity contribution >= 4 is 34.8 Å². The fraction of sp³-hybridized carbons (Fsp3) is 0.600. The smallest absolute Gasteiger partial charge is 0.241 e. The van der Waals surface area contributed by atoms with Crippen LogP contribution in [0.25, 0.3) is 0 Å². The molecule has 116 valence electrons. The van der Waals surface area contributed by atoms with Gasteiger partial charge in [0.25, 0.3) is 0 Å². The molecule has 1 fully saturated rings. The van der Waals surface area contributed by atoms with Gasteiger partial charge in [0.15, 0.2) is 5.15 Å². The Morgan fingerprint density at radius 3 is 2.52 bits per heavy atom. The molecule has 0 aliphatic heterocycles. The van der Waals surface area contributed by atoms with E-state index in [9.17, 15) is 4.79 Å². The van der Waals surface area contributed by atoms with E-state index in [-0.39, 0.29) is 17.1 Å². The Balaban J connectivity index is 1.89. The molecule has 1 aliphatic rings. The number of hydrogen-bond acceptors (Lipinski definition) is 3. The van der Waals surface area contributed by atoms with Gasteiger partial charge in [-0.1, -0.05) is 48.9 Å². The molecule has 0 aromatic carbocycles. The molecule has 1 aliphatic carbocycles. The molecule has 2 rings (SSSR count). The van der Waals surface area contributed by atoms with Crippen LogP contribution in [0.2, 0.25) is 10.3 Å². The van der Waals surface area contributed by atoms with Crippen molar-refractivity contribution in [3.05, 3.63) is 22.4 Å². The molecule has 0 bridgehead atoms. The van der Waals surface area contributed by atoms with Gasteiger partial charge in [0.1, 0.15) is 5.15 Å². The predicted octanol–water partition coefficient (Wildman–Crippen LogP) is 4.03. The average molecular weight is 330 g/mol. The molecule has 0 radical (unpaired) electrons. The van der Waals surface area contributed by atoms with E-state index in [1.165, 1.54) is 25.7 Å². The summed E-state index contributed by atoms with van der Waals surface area (Å²) in [5, 5.41) is 6.71. The van der Waals surface area contributed by atoms with Crippen LogP contribution in [0.4, 0.5) is 5.69 Å². The minimum atomic E-state index is -0.264. The Hall–Kier alpha value is -0.840. The summed E-state index contributed by atoms with van der Waals surface area (Å²) in [6.07, 6.45) is 7.34. The minimum absolute atomic E-state index is 0.106. The second-order valence-corrected chi connectivity index (χ2v) is 6.28. The summed E-state index contributed by atoms with van der Waals surface area (Å²) in [4.78, 5) is 16.1. The van der Waals surface area contributed by atoms with E-state index in [2.05, 4.69) is 15.6 Å². The Kier molecular flexibility index (Phi) is 6.27. The van der Waals surface area contributed by atoms with Crippen LogP contribution in [-0.2, 0) is 4.79 Å². The molecule has 1 atom stereocenters. The normalized spacial score (nSPS) is 18.0. The van der Waals surface area contributed by atoms with Crippen molar-refractivity contribution in [2.45, 2.75) is 57.5 Å². The first-order chi connectivity index (χ1) is 10.1. The number of halogens is 2. The van der Waals surface area contributed by atoms with Crippen molar-refractivity contribution in [1.29, 1.82) is 0 Å². The van der Waals surface area contributed by atoms with Crippen LogP contribution < -0.4 is 10.6 Å². The molecule has 4 nitrogen and oxygen atoms in total. The zero-order valence-corrected chi connectivity index (χ0v) is 13.7. The van der Waals surface area contributed by atoms with E-state index in [0.717, 1.165) is 12.8 Å². The van der Waals surface area contributed by atoms with E-state index in [1.807, 2.05) is 6.92 Å². The second kappa shape index (κ2) is 7.97. The lowest BCUT2D eigenvalue weighted by Crippen LogP contribution is -2.43. The Labute approximate surface area is 135 Å². The Bertz CT molecular complexity index is 488. The first-order valence-corrected chi connectivity index (χ1v) is 8.21. The highest BCUT2D eigenvalue weighted by Crippen LogP contribution is 2.22. The lowest BCUT2D eigenvalue weighted by molar-refractivity contribution is -0.118. The summed E-state index contributed by atoms with van der Waals surface area (Å²) in [5.41, 5.74) is 0.487. The van der Waals surface area contributed by atoms with Crippen LogP contribution in [0, 0.1) is 0 Å². The molecule has 0 spiro atoms. The summed E-state index contributed by atoms with van der Waals surface area (Å²) in [6.45, 7) is 1.87. The van der Waals surface area contributed by atoms with E-state index in [1.54, 1.807) is 12.1 Å². The van der Waals surface area contributed by atoms with Gasteiger partial charge >= 0.3 is 0 Å². The SMILES string of the molecule is C[C@@H](NC1CCCCCC1)C(=O)Nc1ccc(Cl)nc1Cl. The minimum Gasteiger partial charge on any atom is -0.322 e. The maximum absolute atomic E-state index is 12.2. The summed E-state index contributed by atoms with van der Waals surface area (Å²) in [7, 11) is 0. The van der Waals surface area contributed by atoms with Gasteiger partial charge in [-0.05, 0) is 31.9 Å². The number of hydrogen-bond donors (Lipinski definition) is 2. The maximum Gasteiger partial charge on any atom is 0.241 e. The highest BCUT2D eigenvalue weighted by atomic mass is 35.5. The molecule has 1 aromatic rings. The molecular formula is C15H21Cl2N3O. The lowest BCUT2D eigenvalue weighted by Gasteiger charge is -2.21. The standard InChI is InChI=1S/C15H21Cl2N3O/c1-10(18-11-6-4-2-3-5-7-11)15(21)19-12-8-9-13(16)20-14(12)17/h8-11,18H,2-7H2,1H3,(H,19,21)/t10-/m1/s1. The maximum atomic E-state index is 12.2. The van der Waals surface area contributed by atoms with Crippen LogP contribution in [0.15, 0.2) is 12.1 Å². The molecule has 1 saturated carbocycles. The first kappa shape index (κ1) is 16.5. The lowest BCUT2D eigenvalue weighted by atomic mass is 10.1. The highest BCUT2D eigenvalue weighted by molar-refractivity contribution is 6.34. The molecule has 2 N–H and O–H groups in total. The van der Waals surface area contributed by atoms with Crippen LogP contribution in [0.3, 0.4) is 0 Å². The van der Waals surface area contributed by atoms with Crippen LogP contribution >= 0.6 is 23.2 Å². The van der Waals surface area contributed by atoms with Crippen molar-refractivity contribution < 1.29 is 4.79 Å². The summed E-state index contributed by atoms with van der Waals surface area (Å²) in [6, 6.07) is 3.42. The number of aromatic nitrogens is 1. The number of nitrogens with one attached hydrogen (secondary N) is 2. The number of carbonyl (C=O) groups excluding carboxylic acids is 1. The van der Waals surface area contributed by atoms with Gasteiger partial charge in [-0.3, -0.25) is 4.79 Å². The van der Waals surface area contributed by atoms with Crippen molar-refractivity contribution in [1.82, 2.24) is 10.3 Å². The van der Waals surface area contributed by atoms with Crippen LogP contribution in [0.5, 0.6) is 0 Å². The van der Waals surface area contributed by atoms with Gasteiger partial charge in [0, 0.05) is 6.04 Å². The Morgan fingerprint density at radius 1 is 1.24 bits per heavy atom. The predicted molar refractivity (Wildman–Crippen MR) is 87.0 cm³/mol. The third-order valence-electron chi connectivity index (χ3n) is 3.81. The summed E-state index contributed by atoms with van der Waals surface area (Å²) >= 11 is 11.7. The number of pyridine rings is 1. The van der Waals surface area contributed by atoms with E-state index in [4.69, 9.17) is 23.2 Å². The van der Waals surface area contributed by atoms with Crippen molar-refractivity contribution in [3.8, 4) is 0 Å².